The lowest BCUT2D eigenvalue weighted by molar-refractivity contribution is -0.271. The number of rotatable bonds is 4. The average Bonchev–Trinajstić information content (AvgIpc) is 2.91. The molecule has 3 rings (SSSR count). The summed E-state index contributed by atoms with van der Waals surface area (Å²) in [5, 5.41) is 9.64. The van der Waals surface area contributed by atoms with E-state index >= 15 is 0 Å². The minimum atomic E-state index is -0.864. The third kappa shape index (κ3) is 3.31. The van der Waals surface area contributed by atoms with E-state index in [0.29, 0.717) is 5.56 Å². The fourth-order valence-corrected chi connectivity index (χ4v) is 3.07. The third-order valence-electron chi connectivity index (χ3n) is 4.10. The van der Waals surface area contributed by atoms with Crippen molar-refractivity contribution in [1.29, 1.82) is 0 Å². The van der Waals surface area contributed by atoms with Crippen LogP contribution in [0.5, 0.6) is 0 Å². The minimum Gasteiger partial charge on any atom is -0.453 e. The van der Waals surface area contributed by atoms with E-state index in [9.17, 15) is 9.90 Å². The number of esters is 1. The van der Waals surface area contributed by atoms with Crippen LogP contribution in [0, 0.1) is 0 Å². The normalized spacial score (nSPS) is 34.6. The SMILES string of the molecule is CO[C@@H]1O[C@@H](CO)[C@H](OC(=O)c2ccccc2)[C@H]2OC(C)(C)O[C@@H]12. The summed E-state index contributed by atoms with van der Waals surface area (Å²) < 4.78 is 28.3. The van der Waals surface area contributed by atoms with Crippen molar-refractivity contribution in [3.8, 4) is 0 Å². The first kappa shape index (κ1) is 17.3. The highest BCUT2D eigenvalue weighted by Crippen LogP contribution is 2.39. The van der Waals surface area contributed by atoms with Crippen molar-refractivity contribution in [2.75, 3.05) is 13.7 Å². The van der Waals surface area contributed by atoms with E-state index in [1.807, 2.05) is 6.07 Å². The Labute approximate surface area is 140 Å². The van der Waals surface area contributed by atoms with Gasteiger partial charge in [0.05, 0.1) is 12.2 Å². The zero-order valence-electron chi connectivity index (χ0n) is 13.9. The highest BCUT2D eigenvalue weighted by molar-refractivity contribution is 5.89. The van der Waals surface area contributed by atoms with Gasteiger partial charge in [-0.1, -0.05) is 18.2 Å². The summed E-state index contributed by atoms with van der Waals surface area (Å²) in [6, 6.07) is 8.63. The van der Waals surface area contributed by atoms with Gasteiger partial charge in [0.15, 0.2) is 18.2 Å². The Kier molecular flexibility index (Phi) is 4.89. The molecule has 0 amide bonds. The van der Waals surface area contributed by atoms with Gasteiger partial charge >= 0.3 is 5.97 Å². The van der Waals surface area contributed by atoms with E-state index in [-0.39, 0.29) is 6.61 Å². The first-order valence-electron chi connectivity index (χ1n) is 7.86. The largest absolute Gasteiger partial charge is 0.453 e. The molecule has 0 aliphatic carbocycles. The second-order valence-electron chi connectivity index (χ2n) is 6.26. The van der Waals surface area contributed by atoms with Gasteiger partial charge in [0.1, 0.15) is 18.3 Å². The maximum absolute atomic E-state index is 12.4. The number of benzene rings is 1. The number of fused-ring (bicyclic) bond motifs is 1. The fraction of sp³-hybridized carbons (Fsp3) is 0.588. The van der Waals surface area contributed by atoms with Gasteiger partial charge in [-0.15, -0.1) is 0 Å². The quantitative estimate of drug-likeness (QED) is 0.823. The van der Waals surface area contributed by atoms with E-state index in [1.165, 1.54) is 7.11 Å². The molecule has 132 valence electrons. The van der Waals surface area contributed by atoms with Crippen molar-refractivity contribution in [3.63, 3.8) is 0 Å². The molecule has 7 heteroatoms. The highest BCUT2D eigenvalue weighted by atomic mass is 16.8. The van der Waals surface area contributed by atoms with Gasteiger partial charge in [-0.3, -0.25) is 0 Å². The molecule has 0 radical (unpaired) electrons. The molecule has 2 aliphatic heterocycles. The molecule has 2 aliphatic rings. The second kappa shape index (κ2) is 6.78. The van der Waals surface area contributed by atoms with Gasteiger partial charge in [0.25, 0.3) is 0 Å². The van der Waals surface area contributed by atoms with Crippen LogP contribution in [0.4, 0.5) is 0 Å². The Balaban J connectivity index is 1.83. The molecule has 0 spiro atoms. The van der Waals surface area contributed by atoms with Crippen LogP contribution < -0.4 is 0 Å². The summed E-state index contributed by atoms with van der Waals surface area (Å²) in [5.41, 5.74) is 0.415. The summed E-state index contributed by atoms with van der Waals surface area (Å²) in [6.45, 7) is 3.20. The minimum absolute atomic E-state index is 0.334. The van der Waals surface area contributed by atoms with Crippen LogP contribution in [0.15, 0.2) is 30.3 Å². The van der Waals surface area contributed by atoms with Gasteiger partial charge in [-0.05, 0) is 26.0 Å². The molecule has 5 atom stereocenters. The summed E-state index contributed by atoms with van der Waals surface area (Å²) in [6.07, 6.45) is -3.42. The topological polar surface area (TPSA) is 83.5 Å². The van der Waals surface area contributed by atoms with Gasteiger partial charge in [-0.2, -0.15) is 0 Å². The van der Waals surface area contributed by atoms with Crippen molar-refractivity contribution in [3.05, 3.63) is 35.9 Å². The average molecular weight is 338 g/mol. The smallest absolute Gasteiger partial charge is 0.338 e. The molecule has 2 saturated heterocycles. The van der Waals surface area contributed by atoms with Crippen LogP contribution >= 0.6 is 0 Å². The third-order valence-corrected chi connectivity index (χ3v) is 4.10. The number of hydrogen-bond donors (Lipinski definition) is 1. The summed E-state index contributed by atoms with van der Waals surface area (Å²) in [4.78, 5) is 12.4. The molecule has 1 aromatic rings. The predicted molar refractivity (Wildman–Crippen MR) is 82.2 cm³/mol. The zero-order chi connectivity index (χ0) is 17.3. The summed E-state index contributed by atoms with van der Waals surface area (Å²) in [7, 11) is 1.49. The number of methoxy groups -OCH3 is 1. The van der Waals surface area contributed by atoms with Crippen LogP contribution in [0.25, 0.3) is 0 Å². The van der Waals surface area contributed by atoms with E-state index in [0.717, 1.165) is 0 Å². The van der Waals surface area contributed by atoms with Crippen LogP contribution in [0.1, 0.15) is 24.2 Å². The van der Waals surface area contributed by atoms with Crippen LogP contribution in [-0.2, 0) is 23.7 Å². The van der Waals surface area contributed by atoms with Crippen molar-refractivity contribution in [2.45, 2.75) is 50.3 Å². The molecule has 0 saturated carbocycles. The van der Waals surface area contributed by atoms with Gasteiger partial charge in [0.2, 0.25) is 0 Å². The number of aliphatic hydroxyl groups excluding tert-OH is 1. The van der Waals surface area contributed by atoms with Crippen molar-refractivity contribution < 1.29 is 33.6 Å². The monoisotopic (exact) mass is 338 g/mol. The van der Waals surface area contributed by atoms with Gasteiger partial charge in [-0.25, -0.2) is 4.79 Å². The van der Waals surface area contributed by atoms with Gasteiger partial charge < -0.3 is 28.8 Å². The second-order valence-corrected chi connectivity index (χ2v) is 6.26. The standard InChI is InChI=1S/C17H22O7/c1-17(2)23-13-12(22-15(19)10-7-5-4-6-8-10)11(9-18)21-16(20-3)14(13)24-17/h4-8,11-14,16,18H,9H2,1-3H3/t11-,12-,13+,14+,16+/m0/s1. The van der Waals surface area contributed by atoms with Crippen LogP contribution in [-0.4, -0.2) is 61.3 Å². The molecular formula is C17H22O7. The lowest BCUT2D eigenvalue weighted by Gasteiger charge is -2.40. The Morgan fingerprint density at radius 2 is 1.88 bits per heavy atom. The molecule has 2 fully saturated rings. The van der Waals surface area contributed by atoms with E-state index in [2.05, 4.69) is 0 Å². The first-order chi connectivity index (χ1) is 11.4. The summed E-state index contributed by atoms with van der Waals surface area (Å²) >= 11 is 0. The maximum Gasteiger partial charge on any atom is 0.338 e. The Morgan fingerprint density at radius 3 is 2.50 bits per heavy atom. The lowest BCUT2D eigenvalue weighted by atomic mass is 9.99. The zero-order valence-corrected chi connectivity index (χ0v) is 13.9. The number of aliphatic hydroxyl groups is 1. The molecule has 0 bridgehead atoms. The van der Waals surface area contributed by atoms with E-state index < -0.39 is 42.5 Å². The van der Waals surface area contributed by atoms with Crippen molar-refractivity contribution >= 4 is 5.97 Å². The Hall–Kier alpha value is -1.51. The number of carbonyl (C=O) groups excluding carboxylic acids is 1. The summed E-state index contributed by atoms with van der Waals surface area (Å²) in [5.74, 6) is -1.37. The number of carbonyl (C=O) groups is 1. The Bertz CT molecular complexity index is 574. The molecule has 0 unspecified atom stereocenters. The molecular weight excluding hydrogens is 316 g/mol. The molecule has 24 heavy (non-hydrogen) atoms. The van der Waals surface area contributed by atoms with E-state index in [1.54, 1.807) is 38.1 Å². The first-order valence-corrected chi connectivity index (χ1v) is 7.86. The Morgan fingerprint density at radius 1 is 1.21 bits per heavy atom. The molecule has 7 nitrogen and oxygen atoms in total. The maximum atomic E-state index is 12.4. The van der Waals surface area contributed by atoms with Crippen molar-refractivity contribution in [2.24, 2.45) is 0 Å². The van der Waals surface area contributed by atoms with Crippen molar-refractivity contribution in [1.82, 2.24) is 0 Å². The molecule has 2 heterocycles. The molecule has 0 aromatic heterocycles. The fourth-order valence-electron chi connectivity index (χ4n) is 3.07. The molecule has 1 N–H and O–H groups in total. The van der Waals surface area contributed by atoms with Gasteiger partial charge in [0, 0.05) is 7.11 Å². The number of hydrogen-bond acceptors (Lipinski definition) is 7. The predicted octanol–water partition coefficient (Wildman–Crippen LogP) is 1.10. The highest BCUT2D eigenvalue weighted by Gasteiger charge is 2.57. The van der Waals surface area contributed by atoms with Crippen LogP contribution in [0.3, 0.4) is 0 Å². The lowest BCUT2D eigenvalue weighted by Crippen LogP contribution is -2.59. The van der Waals surface area contributed by atoms with E-state index in [4.69, 9.17) is 23.7 Å². The van der Waals surface area contributed by atoms with Crippen LogP contribution in [0.2, 0.25) is 0 Å². The number of ether oxygens (including phenoxy) is 5. The molecule has 1 aromatic carbocycles.